The zero-order valence-electron chi connectivity index (χ0n) is 9.83. The minimum Gasteiger partial charge on any atom is -0.357 e. The van der Waals surface area contributed by atoms with Crippen LogP contribution in [0.25, 0.3) is 0 Å². The monoisotopic (exact) mass is 283 g/mol. The molecule has 1 aliphatic heterocycles. The van der Waals surface area contributed by atoms with Gasteiger partial charge in [0.2, 0.25) is 0 Å². The van der Waals surface area contributed by atoms with E-state index in [1.165, 1.54) is 18.4 Å². The van der Waals surface area contributed by atoms with Gasteiger partial charge in [-0.1, -0.05) is 0 Å². The molecule has 88 valence electrons. The van der Waals surface area contributed by atoms with Crippen LogP contribution in [0.3, 0.4) is 0 Å². The Morgan fingerprint density at radius 3 is 3.12 bits per heavy atom. The first-order valence-electron chi connectivity index (χ1n) is 5.74. The van der Waals surface area contributed by atoms with Crippen LogP contribution in [-0.2, 0) is 0 Å². The van der Waals surface area contributed by atoms with Gasteiger partial charge < -0.3 is 10.2 Å². The second kappa shape index (κ2) is 5.15. The molecule has 3 nitrogen and oxygen atoms in total. The van der Waals surface area contributed by atoms with Crippen molar-refractivity contribution in [3.63, 3.8) is 0 Å². The molecule has 1 aliphatic rings. The Balaban J connectivity index is 2.07. The van der Waals surface area contributed by atoms with Gasteiger partial charge in [0.1, 0.15) is 5.82 Å². The molecule has 2 heterocycles. The summed E-state index contributed by atoms with van der Waals surface area (Å²) in [5.41, 5.74) is 1.23. The number of nitrogens with one attached hydrogen (secondary N) is 1. The van der Waals surface area contributed by atoms with Gasteiger partial charge in [-0.25, -0.2) is 4.98 Å². The largest absolute Gasteiger partial charge is 0.357 e. The van der Waals surface area contributed by atoms with Gasteiger partial charge in [0.25, 0.3) is 0 Å². The average molecular weight is 284 g/mol. The van der Waals surface area contributed by atoms with Gasteiger partial charge in [-0.05, 0) is 53.9 Å². The molecule has 0 aliphatic carbocycles. The lowest BCUT2D eigenvalue weighted by molar-refractivity contribution is 0.597. The fourth-order valence-corrected chi connectivity index (χ4v) is 2.66. The molecule has 0 aromatic carbocycles. The molecule has 1 N–H and O–H groups in total. The van der Waals surface area contributed by atoms with Gasteiger partial charge in [0.15, 0.2) is 0 Å². The van der Waals surface area contributed by atoms with Gasteiger partial charge in [0.05, 0.1) is 4.47 Å². The summed E-state index contributed by atoms with van der Waals surface area (Å²) < 4.78 is 1.11. The van der Waals surface area contributed by atoms with E-state index in [0.717, 1.165) is 23.4 Å². The third kappa shape index (κ3) is 2.55. The van der Waals surface area contributed by atoms with Crippen molar-refractivity contribution in [1.82, 2.24) is 10.3 Å². The highest BCUT2D eigenvalue weighted by Gasteiger charge is 2.18. The van der Waals surface area contributed by atoms with Crippen LogP contribution in [0.1, 0.15) is 18.4 Å². The molecule has 0 amide bonds. The maximum atomic E-state index is 4.43. The summed E-state index contributed by atoms with van der Waals surface area (Å²) in [6.45, 7) is 4.27. The number of anilines is 1. The highest BCUT2D eigenvalue weighted by atomic mass is 79.9. The highest BCUT2D eigenvalue weighted by Crippen LogP contribution is 2.26. The minimum absolute atomic E-state index is 0.610. The third-order valence-corrected chi connectivity index (χ3v) is 4.06. The summed E-state index contributed by atoms with van der Waals surface area (Å²) in [6, 6.07) is 2.63. The Bertz CT molecular complexity index is 361. The zero-order valence-corrected chi connectivity index (χ0v) is 11.4. The Morgan fingerprint density at radius 1 is 1.62 bits per heavy atom. The van der Waals surface area contributed by atoms with E-state index in [4.69, 9.17) is 0 Å². The van der Waals surface area contributed by atoms with Crippen molar-refractivity contribution in [2.75, 3.05) is 25.0 Å². The standard InChI is InChI=1S/C12H18BrN3/c1-9-5-7-15-12(11(9)13)16(2)8-10-4-3-6-14-10/h5,7,10,14H,3-4,6,8H2,1-2H3. The summed E-state index contributed by atoms with van der Waals surface area (Å²) in [5.74, 6) is 1.04. The van der Waals surface area contributed by atoms with E-state index < -0.39 is 0 Å². The predicted octanol–water partition coefficient (Wildman–Crippen LogP) is 2.34. The van der Waals surface area contributed by atoms with Gasteiger partial charge in [0, 0.05) is 25.8 Å². The molecule has 1 unspecified atom stereocenters. The van der Waals surface area contributed by atoms with Crippen LogP contribution in [0.4, 0.5) is 5.82 Å². The minimum atomic E-state index is 0.610. The first kappa shape index (κ1) is 11.9. The fourth-order valence-electron chi connectivity index (χ4n) is 2.12. The van der Waals surface area contributed by atoms with E-state index in [1.54, 1.807) is 0 Å². The molecule has 0 saturated carbocycles. The third-order valence-electron chi connectivity index (χ3n) is 3.08. The first-order valence-corrected chi connectivity index (χ1v) is 6.53. The summed E-state index contributed by atoms with van der Waals surface area (Å²) >= 11 is 3.61. The van der Waals surface area contributed by atoms with Crippen LogP contribution in [0.5, 0.6) is 0 Å². The smallest absolute Gasteiger partial charge is 0.142 e. The van der Waals surface area contributed by atoms with E-state index in [1.807, 2.05) is 12.3 Å². The number of hydrogen-bond donors (Lipinski definition) is 1. The van der Waals surface area contributed by atoms with Crippen LogP contribution in [0.15, 0.2) is 16.7 Å². The number of rotatable bonds is 3. The fraction of sp³-hybridized carbons (Fsp3) is 0.583. The predicted molar refractivity (Wildman–Crippen MR) is 71.0 cm³/mol. The molecule has 1 aromatic heterocycles. The average Bonchev–Trinajstić information content (AvgIpc) is 2.74. The normalized spacial score (nSPS) is 20.1. The van der Waals surface area contributed by atoms with Crippen LogP contribution < -0.4 is 10.2 Å². The van der Waals surface area contributed by atoms with Gasteiger partial charge in [-0.15, -0.1) is 0 Å². The SMILES string of the molecule is Cc1ccnc(N(C)CC2CCCN2)c1Br. The van der Waals surface area contributed by atoms with Gasteiger partial charge >= 0.3 is 0 Å². The van der Waals surface area contributed by atoms with Crippen molar-refractivity contribution in [1.29, 1.82) is 0 Å². The lowest BCUT2D eigenvalue weighted by Gasteiger charge is -2.23. The summed E-state index contributed by atoms with van der Waals surface area (Å²) in [4.78, 5) is 6.65. The second-order valence-corrected chi connectivity index (χ2v) is 5.23. The molecule has 16 heavy (non-hydrogen) atoms. The number of pyridine rings is 1. The van der Waals surface area contributed by atoms with E-state index in [9.17, 15) is 0 Å². The molecule has 0 bridgehead atoms. The Morgan fingerprint density at radius 2 is 2.44 bits per heavy atom. The number of likely N-dealkylation sites (N-methyl/N-ethyl adjacent to an activating group) is 1. The first-order chi connectivity index (χ1) is 7.68. The van der Waals surface area contributed by atoms with Crippen LogP contribution in [-0.4, -0.2) is 31.2 Å². The molecular weight excluding hydrogens is 266 g/mol. The zero-order chi connectivity index (χ0) is 11.5. The Kier molecular flexibility index (Phi) is 3.82. The van der Waals surface area contributed by atoms with Crippen molar-refractivity contribution in [3.8, 4) is 0 Å². The molecule has 1 aromatic rings. The van der Waals surface area contributed by atoms with E-state index >= 15 is 0 Å². The molecule has 1 atom stereocenters. The van der Waals surface area contributed by atoms with E-state index in [2.05, 4.69) is 45.1 Å². The number of aromatic nitrogens is 1. The topological polar surface area (TPSA) is 28.2 Å². The maximum Gasteiger partial charge on any atom is 0.142 e. The van der Waals surface area contributed by atoms with Gasteiger partial charge in [-0.2, -0.15) is 0 Å². The molecular formula is C12H18BrN3. The van der Waals surface area contributed by atoms with Crippen LogP contribution in [0, 0.1) is 6.92 Å². The molecule has 1 fully saturated rings. The number of aryl methyl sites for hydroxylation is 1. The summed E-state index contributed by atoms with van der Waals surface area (Å²) in [7, 11) is 2.10. The lowest BCUT2D eigenvalue weighted by atomic mass is 10.2. The molecule has 0 radical (unpaired) electrons. The van der Waals surface area contributed by atoms with Crippen molar-refractivity contribution >= 4 is 21.7 Å². The number of hydrogen-bond acceptors (Lipinski definition) is 3. The summed E-state index contributed by atoms with van der Waals surface area (Å²) in [6.07, 6.45) is 4.43. The highest BCUT2D eigenvalue weighted by molar-refractivity contribution is 9.10. The van der Waals surface area contributed by atoms with Crippen molar-refractivity contribution in [2.24, 2.45) is 0 Å². The van der Waals surface area contributed by atoms with Crippen LogP contribution in [0.2, 0.25) is 0 Å². The summed E-state index contributed by atoms with van der Waals surface area (Å²) in [5, 5.41) is 3.51. The lowest BCUT2D eigenvalue weighted by Crippen LogP contribution is -2.35. The Hall–Kier alpha value is -0.610. The van der Waals surface area contributed by atoms with E-state index in [-0.39, 0.29) is 0 Å². The second-order valence-electron chi connectivity index (χ2n) is 4.44. The molecule has 0 spiro atoms. The molecule has 2 rings (SSSR count). The van der Waals surface area contributed by atoms with Gasteiger partial charge in [-0.3, -0.25) is 0 Å². The van der Waals surface area contributed by atoms with Crippen molar-refractivity contribution < 1.29 is 0 Å². The van der Waals surface area contributed by atoms with Crippen molar-refractivity contribution in [3.05, 3.63) is 22.3 Å². The van der Waals surface area contributed by atoms with Crippen LogP contribution >= 0.6 is 15.9 Å². The number of halogens is 1. The number of nitrogens with zero attached hydrogens (tertiary/aromatic N) is 2. The molecule has 4 heteroatoms. The van der Waals surface area contributed by atoms with Crippen molar-refractivity contribution in [2.45, 2.75) is 25.8 Å². The Labute approximate surface area is 105 Å². The van der Waals surface area contributed by atoms with E-state index in [0.29, 0.717) is 6.04 Å². The maximum absolute atomic E-state index is 4.43. The molecule has 1 saturated heterocycles. The quantitative estimate of drug-likeness (QED) is 0.923.